The Hall–Kier alpha value is -2.86. The van der Waals surface area contributed by atoms with Gasteiger partial charge in [-0.05, 0) is 45.3 Å². The fourth-order valence-corrected chi connectivity index (χ4v) is 3.09. The van der Waals surface area contributed by atoms with Crippen LogP contribution in [0.25, 0.3) is 0 Å². The van der Waals surface area contributed by atoms with Gasteiger partial charge in [0.2, 0.25) is 5.91 Å². The summed E-state index contributed by atoms with van der Waals surface area (Å²) in [5, 5.41) is 2.99. The first-order valence-corrected chi connectivity index (χ1v) is 9.11. The Kier molecular flexibility index (Phi) is 7.58. The maximum absolute atomic E-state index is 12.6. The number of ketones is 1. The Morgan fingerprint density at radius 3 is 2.32 bits per heavy atom. The smallest absolute Gasteiger partial charge is 0.224 e. The molecule has 0 heterocycles. The summed E-state index contributed by atoms with van der Waals surface area (Å²) in [5.41, 5.74) is 2.25. The average Bonchev–Trinajstić information content (AvgIpc) is 2.68. The zero-order valence-electron chi connectivity index (χ0n) is 17.1. The highest BCUT2D eigenvalue weighted by Gasteiger charge is 2.19. The lowest BCUT2D eigenvalue weighted by atomic mass is 10.0. The summed E-state index contributed by atoms with van der Waals surface area (Å²) in [5.74, 6) is 1.19. The molecule has 2 aromatic carbocycles. The van der Waals surface area contributed by atoms with Gasteiger partial charge < -0.3 is 19.7 Å². The van der Waals surface area contributed by atoms with E-state index in [1.54, 1.807) is 32.4 Å². The number of benzene rings is 2. The number of nitrogens with one attached hydrogen (secondary N) is 1. The number of amides is 1. The number of likely N-dealkylation sites (N-methyl/N-ethyl adjacent to an activating group) is 1. The number of Topliss-reactive ketones (excluding diaryl/α,β-unsaturated/α-hetero) is 1. The SMILES string of the molecule is COc1ccc(C(C)=O)cc1CC(=O)NCC(c1ccccc1OC)N(C)C. The Balaban J connectivity index is 2.12. The molecule has 0 fully saturated rings. The number of carbonyl (C=O) groups excluding carboxylic acids is 2. The largest absolute Gasteiger partial charge is 0.496 e. The molecule has 1 unspecified atom stereocenters. The predicted octanol–water partition coefficient (Wildman–Crippen LogP) is 2.87. The summed E-state index contributed by atoms with van der Waals surface area (Å²) in [6, 6.07) is 12.9. The molecular weight excluding hydrogens is 356 g/mol. The number of hydrogen-bond donors (Lipinski definition) is 1. The van der Waals surface area contributed by atoms with Gasteiger partial charge in [-0.1, -0.05) is 18.2 Å². The van der Waals surface area contributed by atoms with Gasteiger partial charge in [0, 0.05) is 23.2 Å². The molecule has 0 saturated carbocycles. The van der Waals surface area contributed by atoms with Crippen LogP contribution < -0.4 is 14.8 Å². The van der Waals surface area contributed by atoms with Crippen LogP contribution in [0.1, 0.15) is 34.5 Å². The number of carbonyl (C=O) groups is 2. The highest BCUT2D eigenvalue weighted by atomic mass is 16.5. The van der Waals surface area contributed by atoms with Gasteiger partial charge in [0.15, 0.2) is 5.78 Å². The first-order chi connectivity index (χ1) is 13.4. The van der Waals surface area contributed by atoms with Crippen LogP contribution >= 0.6 is 0 Å². The summed E-state index contributed by atoms with van der Waals surface area (Å²) in [7, 11) is 7.11. The number of rotatable bonds is 9. The minimum Gasteiger partial charge on any atom is -0.496 e. The van der Waals surface area contributed by atoms with Gasteiger partial charge in [0.05, 0.1) is 26.7 Å². The average molecular weight is 384 g/mol. The van der Waals surface area contributed by atoms with Gasteiger partial charge in [-0.15, -0.1) is 0 Å². The van der Waals surface area contributed by atoms with E-state index in [1.165, 1.54) is 6.92 Å². The molecule has 1 amide bonds. The molecule has 28 heavy (non-hydrogen) atoms. The van der Waals surface area contributed by atoms with Crippen molar-refractivity contribution in [3.8, 4) is 11.5 Å². The molecule has 2 rings (SSSR count). The zero-order valence-corrected chi connectivity index (χ0v) is 17.1. The highest BCUT2D eigenvalue weighted by Crippen LogP contribution is 2.27. The van der Waals surface area contributed by atoms with Crippen molar-refractivity contribution in [2.75, 3.05) is 34.9 Å². The van der Waals surface area contributed by atoms with E-state index in [4.69, 9.17) is 9.47 Å². The molecule has 1 N–H and O–H groups in total. The normalized spacial score (nSPS) is 11.8. The van der Waals surface area contributed by atoms with Crippen LogP contribution in [0.2, 0.25) is 0 Å². The lowest BCUT2D eigenvalue weighted by molar-refractivity contribution is -0.120. The Bertz CT molecular complexity index is 833. The molecule has 0 saturated heterocycles. The van der Waals surface area contributed by atoms with Gasteiger partial charge in [-0.2, -0.15) is 0 Å². The standard InChI is InChI=1S/C22H28N2O4/c1-15(25)16-10-11-20(27-4)17(12-16)13-22(26)23-14-19(24(2)3)18-8-6-7-9-21(18)28-5/h6-12,19H,13-14H2,1-5H3,(H,23,26). The van der Waals surface area contributed by atoms with Gasteiger partial charge in [-0.25, -0.2) is 0 Å². The predicted molar refractivity (Wildman–Crippen MR) is 109 cm³/mol. The third-order valence-electron chi connectivity index (χ3n) is 4.65. The van der Waals surface area contributed by atoms with Crippen LogP contribution in [0.15, 0.2) is 42.5 Å². The molecule has 0 spiro atoms. The number of ether oxygens (including phenoxy) is 2. The van der Waals surface area contributed by atoms with Crippen molar-refractivity contribution in [1.29, 1.82) is 0 Å². The van der Waals surface area contributed by atoms with Crippen LogP contribution in [-0.2, 0) is 11.2 Å². The summed E-state index contributed by atoms with van der Waals surface area (Å²) in [6.45, 7) is 1.93. The van der Waals surface area contributed by atoms with E-state index in [0.717, 1.165) is 11.3 Å². The first kappa shape index (κ1) is 21.4. The quantitative estimate of drug-likeness (QED) is 0.674. The molecule has 2 aromatic rings. The number of hydrogen-bond acceptors (Lipinski definition) is 5. The van der Waals surface area contributed by atoms with E-state index < -0.39 is 0 Å². The van der Waals surface area contributed by atoms with E-state index in [0.29, 0.717) is 23.4 Å². The third-order valence-corrected chi connectivity index (χ3v) is 4.65. The molecule has 0 aliphatic heterocycles. The van der Waals surface area contributed by atoms with E-state index in [1.807, 2.05) is 43.3 Å². The summed E-state index contributed by atoms with van der Waals surface area (Å²) in [4.78, 5) is 26.2. The highest BCUT2D eigenvalue weighted by molar-refractivity contribution is 5.94. The Labute approximate surface area is 166 Å². The van der Waals surface area contributed by atoms with Gasteiger partial charge in [0.25, 0.3) is 0 Å². The Morgan fingerprint density at radius 1 is 1.04 bits per heavy atom. The van der Waals surface area contributed by atoms with E-state index in [-0.39, 0.29) is 24.2 Å². The van der Waals surface area contributed by atoms with Crippen LogP contribution in [-0.4, -0.2) is 51.5 Å². The summed E-state index contributed by atoms with van der Waals surface area (Å²) >= 11 is 0. The molecule has 0 bridgehead atoms. The third kappa shape index (κ3) is 5.33. The number of methoxy groups -OCH3 is 2. The second-order valence-electron chi connectivity index (χ2n) is 6.79. The van der Waals surface area contributed by atoms with Crippen molar-refractivity contribution in [2.45, 2.75) is 19.4 Å². The molecule has 150 valence electrons. The van der Waals surface area contributed by atoms with Crippen LogP contribution in [0, 0.1) is 0 Å². The van der Waals surface area contributed by atoms with Crippen LogP contribution in [0.5, 0.6) is 11.5 Å². The summed E-state index contributed by atoms with van der Waals surface area (Å²) in [6.07, 6.45) is 0.135. The fourth-order valence-electron chi connectivity index (χ4n) is 3.09. The van der Waals surface area contributed by atoms with Crippen molar-refractivity contribution in [2.24, 2.45) is 0 Å². The molecule has 0 aromatic heterocycles. The van der Waals surface area contributed by atoms with Gasteiger partial charge >= 0.3 is 0 Å². The molecule has 0 aliphatic rings. The first-order valence-electron chi connectivity index (χ1n) is 9.11. The maximum atomic E-state index is 12.6. The van der Waals surface area contributed by atoms with E-state index in [2.05, 4.69) is 5.32 Å². The van der Waals surface area contributed by atoms with Crippen molar-refractivity contribution >= 4 is 11.7 Å². The van der Waals surface area contributed by atoms with Gasteiger partial charge in [-0.3, -0.25) is 9.59 Å². The van der Waals surface area contributed by atoms with Crippen LogP contribution in [0.4, 0.5) is 0 Å². The lowest BCUT2D eigenvalue weighted by Crippen LogP contribution is -2.35. The topological polar surface area (TPSA) is 67.9 Å². The van der Waals surface area contributed by atoms with Crippen molar-refractivity contribution in [1.82, 2.24) is 10.2 Å². The van der Waals surface area contributed by atoms with Crippen molar-refractivity contribution < 1.29 is 19.1 Å². The van der Waals surface area contributed by atoms with E-state index in [9.17, 15) is 9.59 Å². The monoisotopic (exact) mass is 384 g/mol. The van der Waals surface area contributed by atoms with Crippen molar-refractivity contribution in [3.05, 3.63) is 59.2 Å². The fraction of sp³-hybridized carbons (Fsp3) is 0.364. The van der Waals surface area contributed by atoms with Crippen LogP contribution in [0.3, 0.4) is 0 Å². The molecule has 6 nitrogen and oxygen atoms in total. The van der Waals surface area contributed by atoms with Gasteiger partial charge in [0.1, 0.15) is 11.5 Å². The summed E-state index contributed by atoms with van der Waals surface area (Å²) < 4.78 is 10.8. The lowest BCUT2D eigenvalue weighted by Gasteiger charge is -2.26. The van der Waals surface area contributed by atoms with Crippen molar-refractivity contribution in [3.63, 3.8) is 0 Å². The molecule has 6 heteroatoms. The number of nitrogens with zero attached hydrogens (tertiary/aromatic N) is 1. The molecular formula is C22H28N2O4. The maximum Gasteiger partial charge on any atom is 0.224 e. The molecule has 0 radical (unpaired) electrons. The second-order valence-corrected chi connectivity index (χ2v) is 6.79. The second kappa shape index (κ2) is 9.90. The zero-order chi connectivity index (χ0) is 20.7. The molecule has 0 aliphatic carbocycles. The number of para-hydroxylation sites is 1. The minimum absolute atomic E-state index is 0.0365. The Morgan fingerprint density at radius 2 is 1.71 bits per heavy atom. The minimum atomic E-state index is -0.138. The molecule has 1 atom stereocenters. The van der Waals surface area contributed by atoms with E-state index >= 15 is 0 Å².